The molecule has 0 spiro atoms. The molecule has 0 aliphatic rings. The number of carboxylic acid groups (broad SMARTS) is 1. The Morgan fingerprint density at radius 1 is 1.36 bits per heavy atom. The molecular weight excluding hydrogens is 180 g/mol. The summed E-state index contributed by atoms with van der Waals surface area (Å²) in [5.41, 5.74) is 5.68. The largest absolute Gasteiger partial charge is 0.478 e. The molecule has 0 fully saturated rings. The summed E-state index contributed by atoms with van der Waals surface area (Å²) in [5.74, 6) is -0.896. The molecule has 4 nitrogen and oxygen atoms in total. The second-order valence-corrected chi connectivity index (χ2v) is 2.55. The highest BCUT2D eigenvalue weighted by molar-refractivity contribution is 6.02. The van der Waals surface area contributed by atoms with E-state index in [1.807, 2.05) is 18.2 Å². The number of carboxylic acids is 1. The number of H-pyrrole nitrogens is 1. The molecule has 74 valence electrons. The van der Waals surface area contributed by atoms with Gasteiger partial charge in [-0.3, -0.25) is 0 Å². The molecule has 2 aromatic rings. The Kier molecular flexibility index (Phi) is 3.25. The first-order valence-electron chi connectivity index (χ1n) is 4.16. The van der Waals surface area contributed by atoms with Gasteiger partial charge in [0, 0.05) is 17.1 Å². The fraction of sp³-hybridized carbons (Fsp3) is 0.100. The van der Waals surface area contributed by atoms with Gasteiger partial charge in [0.15, 0.2) is 0 Å². The van der Waals surface area contributed by atoms with E-state index in [1.54, 1.807) is 6.07 Å². The number of nitrogens with two attached hydrogens (primary N) is 1. The molecule has 0 saturated carbocycles. The molecular formula is C10H12N2O2. The molecule has 4 N–H and O–H groups in total. The van der Waals surface area contributed by atoms with Crippen molar-refractivity contribution in [3.8, 4) is 0 Å². The molecule has 1 aromatic heterocycles. The number of hydrogen-bond donors (Lipinski definition) is 3. The average molecular weight is 192 g/mol. The minimum absolute atomic E-state index is 0.325. The smallest absolute Gasteiger partial charge is 0.337 e. The van der Waals surface area contributed by atoms with Crippen LogP contribution in [0.4, 0.5) is 0 Å². The Balaban J connectivity index is 0.000000461. The molecule has 2 rings (SSSR count). The van der Waals surface area contributed by atoms with Crippen LogP contribution in [0.5, 0.6) is 0 Å². The van der Waals surface area contributed by atoms with E-state index in [0.29, 0.717) is 5.56 Å². The summed E-state index contributed by atoms with van der Waals surface area (Å²) in [6.07, 6.45) is 1.51. The van der Waals surface area contributed by atoms with Crippen molar-refractivity contribution in [2.45, 2.75) is 0 Å². The van der Waals surface area contributed by atoms with Gasteiger partial charge in [-0.1, -0.05) is 18.2 Å². The van der Waals surface area contributed by atoms with Crippen molar-refractivity contribution < 1.29 is 9.90 Å². The summed E-state index contributed by atoms with van der Waals surface area (Å²) in [5, 5.41) is 9.51. The van der Waals surface area contributed by atoms with Gasteiger partial charge >= 0.3 is 5.97 Å². The standard InChI is InChI=1S/C9H7NO2.CH5N/c11-9(12)7-5-10-8-4-2-1-3-6(7)8;1-2/h1-5,10H,(H,11,12);2H2,1H3. The van der Waals surface area contributed by atoms with Crippen LogP contribution in [0.1, 0.15) is 10.4 Å². The van der Waals surface area contributed by atoms with Gasteiger partial charge in [-0.05, 0) is 13.1 Å². The first kappa shape index (κ1) is 10.3. The molecule has 0 atom stereocenters. The van der Waals surface area contributed by atoms with Crippen LogP contribution in [0.25, 0.3) is 10.9 Å². The maximum atomic E-state index is 10.7. The lowest BCUT2D eigenvalue weighted by molar-refractivity contribution is 0.0699. The van der Waals surface area contributed by atoms with Gasteiger partial charge in [0.05, 0.1) is 5.56 Å². The number of fused-ring (bicyclic) bond motifs is 1. The number of para-hydroxylation sites is 1. The third-order valence-electron chi connectivity index (χ3n) is 1.82. The number of rotatable bonds is 1. The van der Waals surface area contributed by atoms with Gasteiger partial charge in [-0.2, -0.15) is 0 Å². The van der Waals surface area contributed by atoms with Crippen LogP contribution in [0, 0.1) is 0 Å². The zero-order chi connectivity index (χ0) is 10.6. The van der Waals surface area contributed by atoms with Crippen LogP contribution in [0.3, 0.4) is 0 Å². The summed E-state index contributed by atoms with van der Waals surface area (Å²) >= 11 is 0. The van der Waals surface area contributed by atoms with Crippen molar-refractivity contribution in [3.63, 3.8) is 0 Å². The molecule has 0 unspecified atom stereocenters. The number of nitrogens with one attached hydrogen (secondary N) is 1. The zero-order valence-corrected chi connectivity index (χ0v) is 7.82. The van der Waals surface area contributed by atoms with Crippen molar-refractivity contribution in [2.24, 2.45) is 5.73 Å². The number of hydrogen-bond acceptors (Lipinski definition) is 2. The summed E-state index contributed by atoms with van der Waals surface area (Å²) in [6, 6.07) is 7.32. The fourth-order valence-electron chi connectivity index (χ4n) is 1.25. The normalized spacial score (nSPS) is 9.29. The van der Waals surface area contributed by atoms with Crippen LogP contribution < -0.4 is 5.73 Å². The lowest BCUT2D eigenvalue weighted by atomic mass is 10.2. The van der Waals surface area contributed by atoms with E-state index in [2.05, 4.69) is 10.7 Å². The van der Waals surface area contributed by atoms with Gasteiger partial charge in [-0.25, -0.2) is 4.79 Å². The third-order valence-corrected chi connectivity index (χ3v) is 1.82. The Hall–Kier alpha value is -1.81. The average Bonchev–Trinajstić information content (AvgIpc) is 2.64. The molecule has 0 aliphatic carbocycles. The van der Waals surface area contributed by atoms with Crippen molar-refractivity contribution in [3.05, 3.63) is 36.0 Å². The molecule has 14 heavy (non-hydrogen) atoms. The van der Waals surface area contributed by atoms with Gasteiger partial charge in [0.25, 0.3) is 0 Å². The predicted molar refractivity (Wildman–Crippen MR) is 55.4 cm³/mol. The van der Waals surface area contributed by atoms with Gasteiger partial charge < -0.3 is 15.8 Å². The molecule has 0 radical (unpaired) electrons. The Morgan fingerprint density at radius 3 is 2.64 bits per heavy atom. The van der Waals surface area contributed by atoms with E-state index in [4.69, 9.17) is 5.11 Å². The van der Waals surface area contributed by atoms with Gasteiger partial charge in [0.1, 0.15) is 0 Å². The number of aromatic amines is 1. The van der Waals surface area contributed by atoms with Crippen LogP contribution >= 0.6 is 0 Å². The highest BCUT2D eigenvalue weighted by atomic mass is 16.4. The van der Waals surface area contributed by atoms with E-state index in [1.165, 1.54) is 13.2 Å². The second kappa shape index (κ2) is 4.43. The lowest BCUT2D eigenvalue weighted by Gasteiger charge is -1.89. The number of benzene rings is 1. The van der Waals surface area contributed by atoms with Crippen molar-refractivity contribution in [1.82, 2.24) is 4.98 Å². The van der Waals surface area contributed by atoms with Crippen LogP contribution in [0.2, 0.25) is 0 Å². The highest BCUT2D eigenvalue weighted by Crippen LogP contribution is 2.16. The molecule has 0 amide bonds. The summed E-state index contributed by atoms with van der Waals surface area (Å²) in [6.45, 7) is 0. The Labute approximate surface area is 81.4 Å². The summed E-state index contributed by atoms with van der Waals surface area (Å²) in [7, 11) is 1.50. The van der Waals surface area contributed by atoms with Crippen molar-refractivity contribution in [1.29, 1.82) is 0 Å². The van der Waals surface area contributed by atoms with E-state index < -0.39 is 5.97 Å². The minimum atomic E-state index is -0.896. The first-order chi connectivity index (χ1) is 6.79. The van der Waals surface area contributed by atoms with E-state index in [-0.39, 0.29) is 0 Å². The molecule has 1 heterocycles. The Bertz CT molecular complexity index is 434. The van der Waals surface area contributed by atoms with Gasteiger partial charge in [-0.15, -0.1) is 0 Å². The molecule has 1 aromatic carbocycles. The SMILES string of the molecule is CN.O=C(O)c1c[nH]c2ccccc12. The number of carbonyl (C=O) groups is 1. The molecule has 0 aliphatic heterocycles. The third kappa shape index (κ3) is 1.75. The number of aromatic nitrogens is 1. The van der Waals surface area contributed by atoms with Crippen LogP contribution in [-0.2, 0) is 0 Å². The lowest BCUT2D eigenvalue weighted by Crippen LogP contribution is -1.92. The fourth-order valence-corrected chi connectivity index (χ4v) is 1.25. The zero-order valence-electron chi connectivity index (χ0n) is 7.82. The topological polar surface area (TPSA) is 79.1 Å². The molecule has 0 bridgehead atoms. The quantitative estimate of drug-likeness (QED) is 0.639. The van der Waals surface area contributed by atoms with Crippen LogP contribution in [-0.4, -0.2) is 23.1 Å². The van der Waals surface area contributed by atoms with Gasteiger partial charge in [0.2, 0.25) is 0 Å². The highest BCUT2D eigenvalue weighted by Gasteiger charge is 2.08. The minimum Gasteiger partial charge on any atom is -0.478 e. The summed E-state index contributed by atoms with van der Waals surface area (Å²) < 4.78 is 0. The van der Waals surface area contributed by atoms with Crippen molar-refractivity contribution in [2.75, 3.05) is 7.05 Å². The molecule has 4 heteroatoms. The van der Waals surface area contributed by atoms with Crippen molar-refractivity contribution >= 4 is 16.9 Å². The van der Waals surface area contributed by atoms with E-state index >= 15 is 0 Å². The second-order valence-electron chi connectivity index (χ2n) is 2.55. The van der Waals surface area contributed by atoms with Crippen LogP contribution in [0.15, 0.2) is 30.5 Å². The first-order valence-corrected chi connectivity index (χ1v) is 4.16. The summed E-state index contributed by atoms with van der Waals surface area (Å²) in [4.78, 5) is 13.5. The predicted octanol–water partition coefficient (Wildman–Crippen LogP) is 1.44. The monoisotopic (exact) mass is 192 g/mol. The number of aromatic carboxylic acids is 1. The van der Waals surface area contributed by atoms with E-state index in [0.717, 1.165) is 10.9 Å². The molecule has 0 saturated heterocycles. The Morgan fingerprint density at radius 2 is 2.00 bits per heavy atom. The maximum absolute atomic E-state index is 10.7. The van der Waals surface area contributed by atoms with E-state index in [9.17, 15) is 4.79 Å². The maximum Gasteiger partial charge on any atom is 0.337 e.